The fraction of sp³-hybridized carbons (Fsp3) is 0.381. The van der Waals surface area contributed by atoms with Gasteiger partial charge in [0, 0.05) is 5.54 Å². The Morgan fingerprint density at radius 1 is 1.03 bits per heavy atom. The van der Waals surface area contributed by atoms with Crippen molar-refractivity contribution in [1.29, 1.82) is 0 Å². The van der Waals surface area contributed by atoms with Crippen molar-refractivity contribution in [3.8, 4) is 0 Å². The van der Waals surface area contributed by atoms with E-state index in [2.05, 4.69) is 15.3 Å². The maximum absolute atomic E-state index is 13.1. The van der Waals surface area contributed by atoms with Gasteiger partial charge in [0.1, 0.15) is 11.2 Å². The van der Waals surface area contributed by atoms with Crippen LogP contribution in [0.1, 0.15) is 45.4 Å². The summed E-state index contributed by atoms with van der Waals surface area (Å²) in [6.45, 7) is 6.83. The van der Waals surface area contributed by atoms with Gasteiger partial charge < -0.3 is 5.11 Å². The van der Waals surface area contributed by atoms with Gasteiger partial charge in [-0.05, 0) is 45.4 Å². The van der Waals surface area contributed by atoms with Gasteiger partial charge >= 0.3 is 6.18 Å². The molecule has 3 rings (SSSR count). The molecule has 2 N–H and O–H groups in total. The van der Waals surface area contributed by atoms with Crippen LogP contribution in [0.15, 0.2) is 42.5 Å². The first-order chi connectivity index (χ1) is 13.8. The van der Waals surface area contributed by atoms with Crippen LogP contribution in [0, 0.1) is 0 Å². The van der Waals surface area contributed by atoms with Gasteiger partial charge in [0.15, 0.2) is 5.65 Å². The van der Waals surface area contributed by atoms with Gasteiger partial charge in [0.2, 0.25) is 11.9 Å². The molecule has 1 atom stereocenters. The summed E-state index contributed by atoms with van der Waals surface area (Å²) in [5.41, 5.74) is -2.36. The molecule has 2 aromatic heterocycles. The highest BCUT2D eigenvalue weighted by Gasteiger charge is 2.34. The molecule has 9 heteroatoms. The number of fused-ring (bicyclic) bond motifs is 1. The molecule has 6 nitrogen and oxygen atoms in total. The first kappa shape index (κ1) is 21.8. The molecule has 0 saturated heterocycles. The Labute approximate surface area is 171 Å². The number of aromatic nitrogens is 3. The molecule has 0 aliphatic heterocycles. The van der Waals surface area contributed by atoms with Gasteiger partial charge in [0.25, 0.3) is 0 Å². The molecular formula is C21H23F3N4O2. The van der Waals surface area contributed by atoms with Gasteiger partial charge in [0.05, 0.1) is 12.0 Å². The Kier molecular flexibility index (Phi) is 5.36. The number of halogens is 3. The summed E-state index contributed by atoms with van der Waals surface area (Å²) >= 11 is 0. The van der Waals surface area contributed by atoms with E-state index < -0.39 is 28.9 Å². The number of amides is 1. The normalized spacial score (nSPS) is 14.5. The third kappa shape index (κ3) is 4.46. The maximum atomic E-state index is 13.1. The number of nitrogens with zero attached hydrogens (tertiary/aromatic N) is 3. The molecule has 1 amide bonds. The number of hydrogen-bond acceptors (Lipinski definition) is 4. The fourth-order valence-corrected chi connectivity index (χ4v) is 3.22. The van der Waals surface area contributed by atoms with E-state index in [0.717, 1.165) is 6.07 Å². The second-order valence-corrected chi connectivity index (χ2v) is 8.34. The molecule has 0 spiro atoms. The predicted molar refractivity (Wildman–Crippen MR) is 107 cm³/mol. The summed E-state index contributed by atoms with van der Waals surface area (Å²) in [5, 5.41) is 13.3. The summed E-state index contributed by atoms with van der Waals surface area (Å²) in [6.07, 6.45) is -4.86. The van der Waals surface area contributed by atoms with Crippen LogP contribution in [0.4, 0.5) is 19.1 Å². The SMILES string of the molecule is CC(C)(C)n1c(NC(=O)C[C@](C)(O)c2ccccc2)nc2ccc(C(F)(F)F)nc21. The minimum absolute atomic E-state index is 0.0162. The van der Waals surface area contributed by atoms with Crippen molar-refractivity contribution in [2.75, 3.05) is 5.32 Å². The van der Waals surface area contributed by atoms with Crippen molar-refractivity contribution in [2.45, 2.75) is 51.4 Å². The van der Waals surface area contributed by atoms with Crippen molar-refractivity contribution in [2.24, 2.45) is 0 Å². The standard InChI is InChI=1S/C21H23F3N4O2/c1-19(2,3)28-17-14(10-11-15(26-17)21(22,23)24)25-18(28)27-16(29)12-20(4,30)13-8-6-5-7-9-13/h5-11,30H,12H2,1-4H3,(H,25,27,29)/t20-/m0/s1. The van der Waals surface area contributed by atoms with Crippen LogP contribution in [0.5, 0.6) is 0 Å². The molecule has 0 saturated carbocycles. The van der Waals surface area contributed by atoms with Gasteiger partial charge in [-0.3, -0.25) is 14.7 Å². The monoisotopic (exact) mass is 420 g/mol. The van der Waals surface area contributed by atoms with E-state index in [4.69, 9.17) is 0 Å². The molecule has 160 valence electrons. The van der Waals surface area contributed by atoms with Gasteiger partial charge in [-0.2, -0.15) is 13.2 Å². The fourth-order valence-electron chi connectivity index (χ4n) is 3.22. The minimum Gasteiger partial charge on any atom is -0.385 e. The zero-order chi connectivity index (χ0) is 22.3. The van der Waals surface area contributed by atoms with Crippen molar-refractivity contribution in [3.05, 3.63) is 53.7 Å². The number of imidazole rings is 1. The van der Waals surface area contributed by atoms with Gasteiger partial charge in [-0.15, -0.1) is 0 Å². The van der Waals surface area contributed by atoms with E-state index in [0.29, 0.717) is 5.56 Å². The summed E-state index contributed by atoms with van der Waals surface area (Å²) in [4.78, 5) is 20.7. The molecule has 0 aliphatic rings. The highest BCUT2D eigenvalue weighted by Crippen LogP contribution is 2.32. The topological polar surface area (TPSA) is 80.0 Å². The largest absolute Gasteiger partial charge is 0.433 e. The van der Waals surface area contributed by atoms with Crippen molar-refractivity contribution < 1.29 is 23.1 Å². The van der Waals surface area contributed by atoms with Crippen LogP contribution in [0.3, 0.4) is 0 Å². The molecule has 0 radical (unpaired) electrons. The predicted octanol–water partition coefficient (Wildman–Crippen LogP) is 4.44. The summed E-state index contributed by atoms with van der Waals surface area (Å²) in [7, 11) is 0. The number of anilines is 1. The lowest BCUT2D eigenvalue weighted by molar-refractivity contribution is -0.141. The number of pyridine rings is 1. The minimum atomic E-state index is -4.60. The van der Waals surface area contributed by atoms with Crippen LogP contribution in [0.25, 0.3) is 11.2 Å². The van der Waals surface area contributed by atoms with Crippen LogP contribution in [-0.4, -0.2) is 25.5 Å². The van der Waals surface area contributed by atoms with Gasteiger partial charge in [-0.1, -0.05) is 30.3 Å². The molecule has 3 aromatic rings. The summed E-state index contributed by atoms with van der Waals surface area (Å²) in [5.74, 6) is -0.459. The molecule has 30 heavy (non-hydrogen) atoms. The quantitative estimate of drug-likeness (QED) is 0.654. The summed E-state index contributed by atoms with van der Waals surface area (Å²) in [6, 6.07) is 10.8. The number of nitrogens with one attached hydrogen (secondary N) is 1. The Bertz CT molecular complexity index is 1070. The first-order valence-electron chi connectivity index (χ1n) is 9.34. The van der Waals surface area contributed by atoms with Crippen molar-refractivity contribution >= 4 is 23.0 Å². The molecular weight excluding hydrogens is 397 g/mol. The Morgan fingerprint density at radius 2 is 1.67 bits per heavy atom. The maximum Gasteiger partial charge on any atom is 0.433 e. The van der Waals surface area contributed by atoms with E-state index in [1.165, 1.54) is 17.6 Å². The van der Waals surface area contributed by atoms with E-state index in [-0.39, 0.29) is 23.5 Å². The highest BCUT2D eigenvalue weighted by atomic mass is 19.4. The summed E-state index contributed by atoms with van der Waals surface area (Å²) < 4.78 is 40.8. The lowest BCUT2D eigenvalue weighted by Crippen LogP contribution is -2.31. The van der Waals surface area contributed by atoms with Gasteiger partial charge in [-0.25, -0.2) is 9.97 Å². The van der Waals surface area contributed by atoms with E-state index in [1.54, 1.807) is 51.1 Å². The zero-order valence-electron chi connectivity index (χ0n) is 17.1. The molecule has 0 unspecified atom stereocenters. The Hall–Kier alpha value is -2.94. The number of benzene rings is 1. The smallest absolute Gasteiger partial charge is 0.385 e. The molecule has 2 heterocycles. The number of hydrogen-bond donors (Lipinski definition) is 2. The number of carbonyl (C=O) groups excluding carboxylic acids is 1. The zero-order valence-corrected chi connectivity index (χ0v) is 17.1. The average molecular weight is 420 g/mol. The lowest BCUT2D eigenvalue weighted by atomic mass is 9.92. The lowest BCUT2D eigenvalue weighted by Gasteiger charge is -2.26. The molecule has 1 aromatic carbocycles. The third-order valence-corrected chi connectivity index (χ3v) is 4.62. The van der Waals surface area contributed by atoms with E-state index in [9.17, 15) is 23.1 Å². The average Bonchev–Trinajstić information content (AvgIpc) is 2.98. The third-order valence-electron chi connectivity index (χ3n) is 4.62. The van der Waals surface area contributed by atoms with E-state index >= 15 is 0 Å². The van der Waals surface area contributed by atoms with E-state index in [1.807, 2.05) is 0 Å². The van der Waals surface area contributed by atoms with Crippen LogP contribution < -0.4 is 5.32 Å². The number of alkyl halides is 3. The number of carbonyl (C=O) groups is 1. The van der Waals surface area contributed by atoms with Crippen molar-refractivity contribution in [1.82, 2.24) is 14.5 Å². The number of rotatable bonds is 4. The second kappa shape index (κ2) is 7.39. The van der Waals surface area contributed by atoms with Crippen molar-refractivity contribution in [3.63, 3.8) is 0 Å². The molecule has 0 bridgehead atoms. The molecule has 0 fully saturated rings. The molecule has 0 aliphatic carbocycles. The van der Waals surface area contributed by atoms with Crippen LogP contribution in [0.2, 0.25) is 0 Å². The number of aliphatic hydroxyl groups is 1. The Balaban J connectivity index is 1.96. The van der Waals surface area contributed by atoms with Crippen LogP contribution in [-0.2, 0) is 22.1 Å². The first-order valence-corrected chi connectivity index (χ1v) is 9.34. The second-order valence-electron chi connectivity index (χ2n) is 8.34. The Morgan fingerprint density at radius 3 is 2.23 bits per heavy atom. The highest BCUT2D eigenvalue weighted by molar-refractivity contribution is 5.91. The van der Waals surface area contributed by atoms with Crippen LogP contribution >= 0.6 is 0 Å².